The third-order valence-corrected chi connectivity index (χ3v) is 3.55. The van der Waals surface area contributed by atoms with Crippen molar-refractivity contribution in [2.75, 3.05) is 11.9 Å². The zero-order valence-corrected chi connectivity index (χ0v) is 13.6. The number of nitrogens with zero attached hydrogens (tertiary/aromatic N) is 2. The summed E-state index contributed by atoms with van der Waals surface area (Å²) in [6.07, 6.45) is 1.98. The van der Waals surface area contributed by atoms with E-state index in [0.717, 1.165) is 12.2 Å². The van der Waals surface area contributed by atoms with Crippen LogP contribution in [0.1, 0.15) is 30.7 Å². The fraction of sp³-hybridized carbons (Fsp3) is 0.389. The predicted molar refractivity (Wildman–Crippen MR) is 90.2 cm³/mol. The summed E-state index contributed by atoms with van der Waals surface area (Å²) in [7, 11) is 2.11. The summed E-state index contributed by atoms with van der Waals surface area (Å²) in [5, 5.41) is 3.47. The number of hydrogen-bond donors (Lipinski definition) is 1. The van der Waals surface area contributed by atoms with Crippen LogP contribution in [0.5, 0.6) is 0 Å². The maximum Gasteiger partial charge on any atom is 0.0487 e. The quantitative estimate of drug-likeness (QED) is 0.900. The van der Waals surface area contributed by atoms with Crippen LogP contribution in [0.3, 0.4) is 0 Å². The maximum atomic E-state index is 4.44. The van der Waals surface area contributed by atoms with Gasteiger partial charge in [-0.05, 0) is 37.6 Å². The summed E-state index contributed by atoms with van der Waals surface area (Å²) < 4.78 is 0. The van der Waals surface area contributed by atoms with Crippen LogP contribution in [0.25, 0.3) is 0 Å². The zero-order valence-electron chi connectivity index (χ0n) is 13.6. The van der Waals surface area contributed by atoms with E-state index in [1.54, 1.807) is 0 Å². The largest absolute Gasteiger partial charge is 0.344 e. The van der Waals surface area contributed by atoms with Crippen LogP contribution in [-0.2, 0) is 6.54 Å². The van der Waals surface area contributed by atoms with Crippen LogP contribution in [0.4, 0.5) is 11.4 Å². The summed E-state index contributed by atoms with van der Waals surface area (Å²) in [5.74, 6) is 0. The molecule has 0 unspecified atom stereocenters. The first-order valence-corrected chi connectivity index (χ1v) is 7.46. The number of aromatic nitrogens is 1. The van der Waals surface area contributed by atoms with Gasteiger partial charge in [-0.25, -0.2) is 0 Å². The van der Waals surface area contributed by atoms with Gasteiger partial charge in [0.15, 0.2) is 0 Å². The van der Waals surface area contributed by atoms with Crippen LogP contribution >= 0.6 is 0 Å². The Hall–Kier alpha value is -1.87. The van der Waals surface area contributed by atoms with Gasteiger partial charge in [0.1, 0.15) is 0 Å². The molecule has 3 heteroatoms. The molecule has 0 amide bonds. The first-order valence-electron chi connectivity index (χ1n) is 7.46. The van der Waals surface area contributed by atoms with Gasteiger partial charge in [-0.2, -0.15) is 0 Å². The third kappa shape index (κ3) is 4.05. The molecule has 0 fully saturated rings. The highest BCUT2D eigenvalue weighted by atomic mass is 15.1. The van der Waals surface area contributed by atoms with Crippen LogP contribution in [-0.4, -0.2) is 18.1 Å². The van der Waals surface area contributed by atoms with Crippen molar-refractivity contribution in [3.8, 4) is 0 Å². The Morgan fingerprint density at radius 1 is 1.19 bits per heavy atom. The standard InChI is InChI=1S/C18H25N3/c1-13(2)19-11-16-12-20-15(4)10-18(16)21(5)17-8-6-7-14(3)9-17/h6-10,12-13,19H,11H2,1-5H3. The fourth-order valence-corrected chi connectivity index (χ4v) is 2.31. The Morgan fingerprint density at radius 2 is 1.95 bits per heavy atom. The monoisotopic (exact) mass is 283 g/mol. The molecule has 0 atom stereocenters. The molecule has 3 nitrogen and oxygen atoms in total. The second kappa shape index (κ2) is 6.72. The van der Waals surface area contributed by atoms with E-state index in [0.29, 0.717) is 6.04 Å². The molecule has 1 N–H and O–H groups in total. The van der Waals surface area contributed by atoms with Gasteiger partial charge in [0.05, 0.1) is 0 Å². The molecule has 0 radical (unpaired) electrons. The van der Waals surface area contributed by atoms with Crippen molar-refractivity contribution < 1.29 is 0 Å². The van der Waals surface area contributed by atoms with Crippen molar-refractivity contribution in [2.45, 2.75) is 40.3 Å². The number of aryl methyl sites for hydroxylation is 2. The van der Waals surface area contributed by atoms with E-state index in [1.807, 2.05) is 13.1 Å². The van der Waals surface area contributed by atoms with E-state index in [1.165, 1.54) is 22.5 Å². The Morgan fingerprint density at radius 3 is 2.62 bits per heavy atom. The van der Waals surface area contributed by atoms with Crippen molar-refractivity contribution in [2.24, 2.45) is 0 Å². The zero-order chi connectivity index (χ0) is 15.4. The highest BCUT2D eigenvalue weighted by molar-refractivity contribution is 5.66. The number of pyridine rings is 1. The Bertz CT molecular complexity index is 605. The molecule has 0 saturated heterocycles. The van der Waals surface area contributed by atoms with Gasteiger partial charge in [0, 0.05) is 48.5 Å². The number of rotatable bonds is 5. The summed E-state index contributed by atoms with van der Waals surface area (Å²) in [6, 6.07) is 11.2. The van der Waals surface area contributed by atoms with Crippen LogP contribution in [0.15, 0.2) is 36.5 Å². The van der Waals surface area contributed by atoms with Gasteiger partial charge in [-0.3, -0.25) is 4.98 Å². The average molecular weight is 283 g/mol. The van der Waals surface area contributed by atoms with Crippen molar-refractivity contribution in [3.63, 3.8) is 0 Å². The Labute approximate surface area is 128 Å². The van der Waals surface area contributed by atoms with Gasteiger partial charge in [-0.15, -0.1) is 0 Å². The van der Waals surface area contributed by atoms with Gasteiger partial charge < -0.3 is 10.2 Å². The molecule has 0 aliphatic rings. The highest BCUT2D eigenvalue weighted by Gasteiger charge is 2.11. The lowest BCUT2D eigenvalue weighted by Crippen LogP contribution is -2.23. The van der Waals surface area contributed by atoms with Gasteiger partial charge in [0.25, 0.3) is 0 Å². The Kier molecular flexibility index (Phi) is 4.97. The minimum absolute atomic E-state index is 0.462. The van der Waals surface area contributed by atoms with Gasteiger partial charge >= 0.3 is 0 Å². The molecule has 0 bridgehead atoms. The smallest absolute Gasteiger partial charge is 0.0487 e. The summed E-state index contributed by atoms with van der Waals surface area (Å²) in [5.41, 5.74) is 5.94. The number of hydrogen-bond acceptors (Lipinski definition) is 3. The molecule has 0 aliphatic carbocycles. The van der Waals surface area contributed by atoms with E-state index in [4.69, 9.17) is 0 Å². The molecule has 21 heavy (non-hydrogen) atoms. The number of anilines is 2. The second-order valence-corrected chi connectivity index (χ2v) is 5.89. The first-order chi connectivity index (χ1) is 9.97. The van der Waals surface area contributed by atoms with Crippen molar-refractivity contribution >= 4 is 11.4 Å². The molecule has 0 aliphatic heterocycles. The van der Waals surface area contributed by atoms with Crippen molar-refractivity contribution in [3.05, 3.63) is 53.3 Å². The van der Waals surface area contributed by atoms with E-state index in [-0.39, 0.29) is 0 Å². The topological polar surface area (TPSA) is 28.2 Å². The lowest BCUT2D eigenvalue weighted by molar-refractivity contribution is 0.588. The Balaban J connectivity index is 2.34. The lowest BCUT2D eigenvalue weighted by atomic mass is 10.1. The SMILES string of the molecule is Cc1cccc(N(C)c2cc(C)ncc2CNC(C)C)c1. The molecular weight excluding hydrogens is 258 g/mol. The lowest BCUT2D eigenvalue weighted by Gasteiger charge is -2.24. The fourth-order valence-electron chi connectivity index (χ4n) is 2.31. The van der Waals surface area contributed by atoms with Gasteiger partial charge in [0.2, 0.25) is 0 Å². The van der Waals surface area contributed by atoms with Crippen molar-refractivity contribution in [1.29, 1.82) is 0 Å². The minimum atomic E-state index is 0.462. The molecule has 0 saturated carbocycles. The maximum absolute atomic E-state index is 4.44. The van der Waals surface area contributed by atoms with Crippen LogP contribution < -0.4 is 10.2 Å². The molecule has 1 heterocycles. The number of benzene rings is 1. The molecule has 112 valence electrons. The molecule has 2 aromatic rings. The third-order valence-electron chi connectivity index (χ3n) is 3.55. The molecule has 1 aromatic heterocycles. The minimum Gasteiger partial charge on any atom is -0.344 e. The van der Waals surface area contributed by atoms with E-state index >= 15 is 0 Å². The predicted octanol–water partition coefficient (Wildman–Crippen LogP) is 3.96. The van der Waals surface area contributed by atoms with E-state index < -0.39 is 0 Å². The second-order valence-electron chi connectivity index (χ2n) is 5.89. The van der Waals surface area contributed by atoms with E-state index in [9.17, 15) is 0 Å². The normalized spacial score (nSPS) is 11.0. The van der Waals surface area contributed by atoms with Crippen LogP contribution in [0.2, 0.25) is 0 Å². The van der Waals surface area contributed by atoms with E-state index in [2.05, 4.69) is 73.4 Å². The molecule has 1 aromatic carbocycles. The molecule has 0 spiro atoms. The summed E-state index contributed by atoms with van der Waals surface area (Å²) in [4.78, 5) is 6.68. The summed E-state index contributed by atoms with van der Waals surface area (Å²) in [6.45, 7) is 9.30. The number of nitrogens with one attached hydrogen (secondary N) is 1. The van der Waals surface area contributed by atoms with Crippen molar-refractivity contribution in [1.82, 2.24) is 10.3 Å². The van der Waals surface area contributed by atoms with Crippen LogP contribution in [0, 0.1) is 13.8 Å². The molecular formula is C18H25N3. The van der Waals surface area contributed by atoms with Gasteiger partial charge in [-0.1, -0.05) is 26.0 Å². The first kappa shape index (κ1) is 15.5. The summed E-state index contributed by atoms with van der Waals surface area (Å²) >= 11 is 0. The highest BCUT2D eigenvalue weighted by Crippen LogP contribution is 2.28. The molecule has 2 rings (SSSR count). The average Bonchev–Trinajstić information content (AvgIpc) is 2.45.